The Hall–Kier alpha value is -2.47. The Bertz CT molecular complexity index is 977. The van der Waals surface area contributed by atoms with E-state index in [1.165, 1.54) is 28.0 Å². The summed E-state index contributed by atoms with van der Waals surface area (Å²) in [5, 5.41) is 10.0. The fourth-order valence-electron chi connectivity index (χ4n) is 3.63. The number of rotatable bonds is 5. The van der Waals surface area contributed by atoms with E-state index in [1.807, 2.05) is 31.0 Å². The summed E-state index contributed by atoms with van der Waals surface area (Å²) >= 11 is 1.47. The molecule has 0 atom stereocenters. The average molecular weight is 383 g/mol. The van der Waals surface area contributed by atoms with Crippen molar-refractivity contribution in [1.29, 1.82) is 0 Å². The van der Waals surface area contributed by atoms with E-state index in [-0.39, 0.29) is 5.91 Å². The molecule has 0 aliphatic heterocycles. The van der Waals surface area contributed by atoms with Gasteiger partial charge in [-0.1, -0.05) is 17.7 Å². The van der Waals surface area contributed by atoms with E-state index in [4.69, 9.17) is 0 Å². The minimum absolute atomic E-state index is 0.0177. The second kappa shape index (κ2) is 7.64. The smallest absolute Gasteiger partial charge is 0.226 e. The number of hydrogen-bond acceptors (Lipinski definition) is 4. The number of nitrogens with zero attached hydrogens (tertiary/aromatic N) is 3. The third kappa shape index (κ3) is 4.11. The van der Waals surface area contributed by atoms with Gasteiger partial charge in [0, 0.05) is 30.1 Å². The van der Waals surface area contributed by atoms with Crippen molar-refractivity contribution in [2.75, 3.05) is 5.32 Å². The van der Waals surface area contributed by atoms with E-state index in [0.29, 0.717) is 18.0 Å². The van der Waals surface area contributed by atoms with Crippen LogP contribution in [0.4, 0.5) is 5.13 Å². The summed E-state index contributed by atoms with van der Waals surface area (Å²) in [5.41, 5.74) is 8.99. The number of carbonyl (C=O) groups excluding carboxylic acids is 1. The first-order valence-electron chi connectivity index (χ1n) is 9.09. The van der Waals surface area contributed by atoms with Gasteiger partial charge in [-0.3, -0.25) is 9.48 Å². The van der Waals surface area contributed by atoms with Crippen LogP contribution in [0.15, 0.2) is 17.5 Å². The quantitative estimate of drug-likeness (QED) is 0.698. The van der Waals surface area contributed by atoms with E-state index in [2.05, 4.69) is 48.3 Å². The zero-order valence-corrected chi connectivity index (χ0v) is 17.6. The van der Waals surface area contributed by atoms with Crippen molar-refractivity contribution >= 4 is 22.4 Å². The van der Waals surface area contributed by atoms with Gasteiger partial charge in [-0.25, -0.2) is 4.98 Å². The molecular formula is C21H26N4OS. The highest BCUT2D eigenvalue weighted by Gasteiger charge is 2.14. The molecule has 2 heterocycles. The zero-order chi connectivity index (χ0) is 19.7. The molecule has 0 saturated carbocycles. The van der Waals surface area contributed by atoms with Crippen LogP contribution in [-0.4, -0.2) is 20.7 Å². The van der Waals surface area contributed by atoms with E-state index in [1.54, 1.807) is 0 Å². The monoisotopic (exact) mass is 382 g/mol. The Kier molecular flexibility index (Phi) is 5.46. The molecule has 142 valence electrons. The molecule has 1 N–H and O–H groups in total. The van der Waals surface area contributed by atoms with E-state index in [0.717, 1.165) is 28.2 Å². The lowest BCUT2D eigenvalue weighted by Gasteiger charge is -2.08. The van der Waals surface area contributed by atoms with Gasteiger partial charge in [0.2, 0.25) is 5.91 Å². The van der Waals surface area contributed by atoms with Crippen LogP contribution in [0.1, 0.15) is 40.1 Å². The fourth-order valence-corrected chi connectivity index (χ4v) is 4.35. The topological polar surface area (TPSA) is 59.8 Å². The SMILES string of the molecule is Cc1cc(C)c(-c2csc(NC(=O)CCc3c(C)nn(C)c3C)n2)c(C)c1. The molecule has 3 aromatic rings. The maximum absolute atomic E-state index is 12.4. The van der Waals surface area contributed by atoms with Gasteiger partial charge in [-0.15, -0.1) is 11.3 Å². The Balaban J connectivity index is 1.68. The van der Waals surface area contributed by atoms with Crippen LogP contribution < -0.4 is 5.32 Å². The Morgan fingerprint density at radius 3 is 2.41 bits per heavy atom. The molecule has 0 aliphatic rings. The molecule has 3 rings (SSSR count). The van der Waals surface area contributed by atoms with Crippen molar-refractivity contribution < 1.29 is 4.79 Å². The molecule has 0 bridgehead atoms. The Labute approximate surface area is 164 Å². The Morgan fingerprint density at radius 2 is 1.81 bits per heavy atom. The normalized spacial score (nSPS) is 11.0. The van der Waals surface area contributed by atoms with Gasteiger partial charge in [0.05, 0.1) is 11.4 Å². The van der Waals surface area contributed by atoms with E-state index < -0.39 is 0 Å². The first kappa shape index (κ1) is 19.3. The molecule has 0 spiro atoms. The average Bonchev–Trinajstić information content (AvgIpc) is 3.10. The number of thiazole rings is 1. The van der Waals surface area contributed by atoms with Crippen molar-refractivity contribution in [2.24, 2.45) is 7.05 Å². The molecule has 1 aromatic carbocycles. The van der Waals surface area contributed by atoms with Crippen LogP contribution in [0.3, 0.4) is 0 Å². The van der Waals surface area contributed by atoms with Gasteiger partial charge in [0.1, 0.15) is 0 Å². The van der Waals surface area contributed by atoms with Crippen molar-refractivity contribution in [3.8, 4) is 11.3 Å². The van der Waals surface area contributed by atoms with Crippen molar-refractivity contribution in [3.63, 3.8) is 0 Å². The first-order chi connectivity index (χ1) is 12.8. The predicted molar refractivity (Wildman–Crippen MR) is 111 cm³/mol. The molecule has 1 amide bonds. The molecule has 5 nitrogen and oxygen atoms in total. The minimum Gasteiger partial charge on any atom is -0.302 e. The third-order valence-corrected chi connectivity index (χ3v) is 5.70. The van der Waals surface area contributed by atoms with Crippen molar-refractivity contribution in [3.05, 3.63) is 51.2 Å². The molecule has 0 aliphatic carbocycles. The zero-order valence-electron chi connectivity index (χ0n) is 16.8. The molecule has 2 aromatic heterocycles. The summed E-state index contributed by atoms with van der Waals surface area (Å²) in [6.07, 6.45) is 1.11. The number of carbonyl (C=O) groups is 1. The number of nitrogens with one attached hydrogen (secondary N) is 1. The first-order valence-corrected chi connectivity index (χ1v) is 9.97. The standard InChI is InChI=1S/C21H26N4OS/c1-12-9-13(2)20(14(3)10-12)18-11-27-21(22-18)23-19(26)8-7-17-15(4)24-25(6)16(17)5/h9-11H,7-8H2,1-6H3,(H,22,23,26). The number of aromatic nitrogens is 3. The fraction of sp³-hybridized carbons (Fsp3) is 0.381. The molecule has 0 unspecified atom stereocenters. The van der Waals surface area contributed by atoms with Crippen LogP contribution in [-0.2, 0) is 18.3 Å². The number of hydrogen-bond donors (Lipinski definition) is 1. The molecule has 0 fully saturated rings. The van der Waals surface area contributed by atoms with Crippen LogP contribution in [0, 0.1) is 34.6 Å². The number of benzene rings is 1. The summed E-state index contributed by atoms with van der Waals surface area (Å²) in [7, 11) is 1.93. The van der Waals surface area contributed by atoms with Gasteiger partial charge < -0.3 is 5.32 Å². The summed E-state index contributed by atoms with van der Waals surface area (Å²) < 4.78 is 1.86. The summed E-state index contributed by atoms with van der Waals surface area (Å²) in [4.78, 5) is 17.0. The van der Waals surface area contributed by atoms with Crippen LogP contribution in [0.25, 0.3) is 11.3 Å². The number of anilines is 1. The summed E-state index contributed by atoms with van der Waals surface area (Å²) in [6.45, 7) is 10.3. The largest absolute Gasteiger partial charge is 0.302 e. The summed E-state index contributed by atoms with van der Waals surface area (Å²) in [6, 6.07) is 4.33. The van der Waals surface area contributed by atoms with Gasteiger partial charge in [0.15, 0.2) is 5.13 Å². The maximum atomic E-state index is 12.4. The van der Waals surface area contributed by atoms with Crippen molar-refractivity contribution in [2.45, 2.75) is 47.5 Å². The molecule has 0 saturated heterocycles. The molecule has 27 heavy (non-hydrogen) atoms. The highest BCUT2D eigenvalue weighted by Crippen LogP contribution is 2.31. The van der Waals surface area contributed by atoms with Crippen LogP contribution in [0.5, 0.6) is 0 Å². The number of aryl methyl sites for hydroxylation is 5. The van der Waals surface area contributed by atoms with Crippen LogP contribution >= 0.6 is 11.3 Å². The lowest BCUT2D eigenvalue weighted by molar-refractivity contribution is -0.116. The minimum atomic E-state index is -0.0177. The van der Waals surface area contributed by atoms with Gasteiger partial charge in [-0.05, 0) is 57.7 Å². The highest BCUT2D eigenvalue weighted by atomic mass is 32.1. The van der Waals surface area contributed by atoms with Gasteiger partial charge in [0.25, 0.3) is 0 Å². The second-order valence-electron chi connectivity index (χ2n) is 7.13. The second-order valence-corrected chi connectivity index (χ2v) is 7.99. The number of amides is 1. The molecular weight excluding hydrogens is 356 g/mol. The Morgan fingerprint density at radius 1 is 1.15 bits per heavy atom. The molecule has 0 radical (unpaired) electrons. The van der Waals surface area contributed by atoms with E-state index >= 15 is 0 Å². The lowest BCUT2D eigenvalue weighted by atomic mass is 9.98. The van der Waals surface area contributed by atoms with Gasteiger partial charge >= 0.3 is 0 Å². The lowest BCUT2D eigenvalue weighted by Crippen LogP contribution is -2.12. The predicted octanol–water partition coefficient (Wildman–Crippen LogP) is 4.66. The van der Waals surface area contributed by atoms with Crippen LogP contribution in [0.2, 0.25) is 0 Å². The van der Waals surface area contributed by atoms with E-state index in [9.17, 15) is 4.79 Å². The third-order valence-electron chi connectivity index (χ3n) is 4.94. The summed E-state index contributed by atoms with van der Waals surface area (Å²) in [5.74, 6) is -0.0177. The molecule has 6 heteroatoms. The van der Waals surface area contributed by atoms with Crippen molar-refractivity contribution in [1.82, 2.24) is 14.8 Å². The highest BCUT2D eigenvalue weighted by molar-refractivity contribution is 7.14. The van der Waals surface area contributed by atoms with Gasteiger partial charge in [-0.2, -0.15) is 5.10 Å². The maximum Gasteiger partial charge on any atom is 0.226 e.